The van der Waals surface area contributed by atoms with Gasteiger partial charge in [-0.3, -0.25) is 9.10 Å². The third-order valence-electron chi connectivity index (χ3n) is 5.31. The fourth-order valence-corrected chi connectivity index (χ4v) is 5.05. The Labute approximate surface area is 194 Å². The van der Waals surface area contributed by atoms with Crippen molar-refractivity contribution >= 4 is 27.3 Å². The number of hydrogen-bond acceptors (Lipinski definition) is 3. The van der Waals surface area contributed by atoms with Crippen molar-refractivity contribution < 1.29 is 13.2 Å². The van der Waals surface area contributed by atoms with E-state index in [0.717, 1.165) is 11.1 Å². The maximum Gasteiger partial charge on any atom is 0.264 e. The fourth-order valence-electron chi connectivity index (χ4n) is 3.55. The van der Waals surface area contributed by atoms with E-state index in [9.17, 15) is 13.2 Å². The van der Waals surface area contributed by atoms with Gasteiger partial charge in [0.1, 0.15) is 0 Å². The van der Waals surface area contributed by atoms with Crippen LogP contribution in [0.1, 0.15) is 21.5 Å². The molecule has 0 aliphatic heterocycles. The number of nitrogens with one attached hydrogen (secondary N) is 1. The summed E-state index contributed by atoms with van der Waals surface area (Å²) in [7, 11) is -3.94. The monoisotopic (exact) mass is 456 g/mol. The zero-order valence-electron chi connectivity index (χ0n) is 18.2. The molecular weight excluding hydrogens is 432 g/mol. The Morgan fingerprint density at radius 3 is 2.03 bits per heavy atom. The standard InChI is InChI=1S/C27H24N2O3S/c1-21-12-8-10-18-25(21)28-27(30)24-17-9-11-19-26(24)29(20-22-13-4-2-5-14-22)33(31,32)23-15-6-3-7-16-23/h2-19H,20H2,1H3,(H,28,30). The maximum atomic E-state index is 13.7. The lowest BCUT2D eigenvalue weighted by Crippen LogP contribution is -2.32. The molecule has 0 atom stereocenters. The Morgan fingerprint density at radius 2 is 1.33 bits per heavy atom. The summed E-state index contributed by atoms with van der Waals surface area (Å²) in [6.07, 6.45) is 0. The number of carbonyl (C=O) groups excluding carboxylic acids is 1. The van der Waals surface area contributed by atoms with Crippen molar-refractivity contribution in [3.8, 4) is 0 Å². The number of nitrogens with zero attached hydrogens (tertiary/aromatic N) is 1. The Kier molecular flexibility index (Phi) is 6.56. The van der Waals surface area contributed by atoms with Crippen LogP contribution in [0.15, 0.2) is 114 Å². The minimum absolute atomic E-state index is 0.0900. The molecule has 0 aliphatic rings. The van der Waals surface area contributed by atoms with Crippen molar-refractivity contribution in [1.82, 2.24) is 0 Å². The van der Waals surface area contributed by atoms with E-state index in [1.807, 2.05) is 61.5 Å². The quantitative estimate of drug-likeness (QED) is 0.391. The van der Waals surface area contributed by atoms with Crippen LogP contribution in [0.4, 0.5) is 11.4 Å². The smallest absolute Gasteiger partial charge is 0.264 e. The van der Waals surface area contributed by atoms with Crippen molar-refractivity contribution in [2.24, 2.45) is 0 Å². The molecule has 0 bridgehead atoms. The van der Waals surface area contributed by atoms with Gasteiger partial charge in [-0.15, -0.1) is 0 Å². The van der Waals surface area contributed by atoms with E-state index in [-0.39, 0.29) is 22.9 Å². The van der Waals surface area contributed by atoms with Crippen LogP contribution >= 0.6 is 0 Å². The van der Waals surface area contributed by atoms with Crippen molar-refractivity contribution in [3.63, 3.8) is 0 Å². The van der Waals surface area contributed by atoms with E-state index in [1.54, 1.807) is 54.6 Å². The zero-order valence-corrected chi connectivity index (χ0v) is 19.0. The lowest BCUT2D eigenvalue weighted by Gasteiger charge is -2.26. The Balaban J connectivity index is 1.79. The molecule has 0 saturated heterocycles. The Hall–Kier alpha value is -3.90. The minimum Gasteiger partial charge on any atom is -0.322 e. The van der Waals surface area contributed by atoms with Gasteiger partial charge in [-0.2, -0.15) is 0 Å². The lowest BCUT2D eigenvalue weighted by molar-refractivity contribution is 0.102. The van der Waals surface area contributed by atoms with Crippen LogP contribution in [-0.2, 0) is 16.6 Å². The summed E-state index contributed by atoms with van der Waals surface area (Å²) in [5.74, 6) is -0.374. The van der Waals surface area contributed by atoms with E-state index >= 15 is 0 Å². The molecule has 0 spiro atoms. The van der Waals surface area contributed by atoms with Crippen LogP contribution in [0.2, 0.25) is 0 Å². The van der Waals surface area contributed by atoms with Crippen molar-refractivity contribution in [3.05, 3.63) is 126 Å². The number of carbonyl (C=O) groups is 1. The maximum absolute atomic E-state index is 13.7. The minimum atomic E-state index is -3.94. The van der Waals surface area contributed by atoms with Gasteiger partial charge in [0.25, 0.3) is 15.9 Å². The Morgan fingerprint density at radius 1 is 0.758 bits per heavy atom. The van der Waals surface area contributed by atoms with Gasteiger partial charge in [0.2, 0.25) is 0 Å². The first kappa shape index (κ1) is 22.3. The lowest BCUT2D eigenvalue weighted by atomic mass is 10.1. The number of benzene rings is 4. The first-order valence-corrected chi connectivity index (χ1v) is 12.0. The molecule has 6 heteroatoms. The molecule has 0 unspecified atom stereocenters. The highest BCUT2D eigenvalue weighted by molar-refractivity contribution is 7.92. The third kappa shape index (κ3) is 4.96. The molecule has 1 N–H and O–H groups in total. The first-order chi connectivity index (χ1) is 16.0. The van der Waals surface area contributed by atoms with Gasteiger partial charge in [-0.05, 0) is 48.4 Å². The summed E-state index contributed by atoms with van der Waals surface area (Å²) >= 11 is 0. The molecule has 1 amide bonds. The first-order valence-electron chi connectivity index (χ1n) is 10.5. The Bertz CT molecular complexity index is 1350. The van der Waals surface area contributed by atoms with Crippen LogP contribution in [0.25, 0.3) is 0 Å². The summed E-state index contributed by atoms with van der Waals surface area (Å²) in [4.78, 5) is 13.4. The second-order valence-electron chi connectivity index (χ2n) is 7.60. The summed E-state index contributed by atoms with van der Waals surface area (Å²) in [5, 5.41) is 2.92. The molecule has 5 nitrogen and oxygen atoms in total. The third-order valence-corrected chi connectivity index (χ3v) is 7.08. The van der Waals surface area contributed by atoms with E-state index in [2.05, 4.69) is 5.32 Å². The molecule has 166 valence electrons. The van der Waals surface area contributed by atoms with Crippen molar-refractivity contribution in [2.45, 2.75) is 18.4 Å². The predicted molar refractivity (Wildman–Crippen MR) is 132 cm³/mol. The number of amides is 1. The number of para-hydroxylation sites is 2. The highest BCUT2D eigenvalue weighted by Crippen LogP contribution is 2.30. The van der Waals surface area contributed by atoms with Gasteiger partial charge in [-0.1, -0.05) is 78.9 Å². The molecule has 0 radical (unpaired) electrons. The molecule has 4 aromatic carbocycles. The van der Waals surface area contributed by atoms with Crippen LogP contribution in [-0.4, -0.2) is 14.3 Å². The van der Waals surface area contributed by atoms with Gasteiger partial charge in [-0.25, -0.2) is 8.42 Å². The van der Waals surface area contributed by atoms with Gasteiger partial charge in [0.15, 0.2) is 0 Å². The summed E-state index contributed by atoms with van der Waals surface area (Å²) in [5.41, 5.74) is 3.00. The number of aryl methyl sites for hydroxylation is 1. The average molecular weight is 457 g/mol. The molecule has 0 saturated carbocycles. The number of anilines is 2. The van der Waals surface area contributed by atoms with Crippen LogP contribution < -0.4 is 9.62 Å². The second-order valence-corrected chi connectivity index (χ2v) is 9.46. The van der Waals surface area contributed by atoms with Crippen LogP contribution in [0, 0.1) is 6.92 Å². The molecule has 0 fully saturated rings. The SMILES string of the molecule is Cc1ccccc1NC(=O)c1ccccc1N(Cc1ccccc1)S(=O)(=O)c1ccccc1. The molecule has 33 heavy (non-hydrogen) atoms. The molecule has 4 rings (SSSR count). The van der Waals surface area contributed by atoms with E-state index < -0.39 is 10.0 Å². The van der Waals surface area contributed by atoms with Crippen molar-refractivity contribution in [1.29, 1.82) is 0 Å². The van der Waals surface area contributed by atoms with E-state index in [4.69, 9.17) is 0 Å². The highest BCUT2D eigenvalue weighted by atomic mass is 32.2. The van der Waals surface area contributed by atoms with Gasteiger partial charge in [0.05, 0.1) is 22.7 Å². The molecule has 0 heterocycles. The largest absolute Gasteiger partial charge is 0.322 e. The van der Waals surface area contributed by atoms with E-state index in [0.29, 0.717) is 11.4 Å². The predicted octanol–water partition coefficient (Wildman–Crippen LogP) is 5.64. The number of rotatable bonds is 7. The highest BCUT2D eigenvalue weighted by Gasteiger charge is 2.28. The van der Waals surface area contributed by atoms with Crippen LogP contribution in [0.3, 0.4) is 0 Å². The van der Waals surface area contributed by atoms with Gasteiger partial charge in [0, 0.05) is 5.69 Å². The molecular formula is C27H24N2O3S. The van der Waals surface area contributed by atoms with Crippen LogP contribution in [0.5, 0.6) is 0 Å². The second kappa shape index (κ2) is 9.71. The number of sulfonamides is 1. The summed E-state index contributed by atoms with van der Waals surface area (Å²) in [6.45, 7) is 2.00. The fraction of sp³-hybridized carbons (Fsp3) is 0.0741. The normalized spacial score (nSPS) is 11.1. The molecule has 4 aromatic rings. The zero-order chi connectivity index (χ0) is 23.3. The van der Waals surface area contributed by atoms with E-state index in [1.165, 1.54) is 4.31 Å². The van der Waals surface area contributed by atoms with Gasteiger partial charge >= 0.3 is 0 Å². The van der Waals surface area contributed by atoms with Crippen molar-refractivity contribution in [2.75, 3.05) is 9.62 Å². The number of hydrogen-bond donors (Lipinski definition) is 1. The molecule has 0 aromatic heterocycles. The molecule has 0 aliphatic carbocycles. The summed E-state index contributed by atoms with van der Waals surface area (Å²) in [6, 6.07) is 31.8. The topological polar surface area (TPSA) is 66.5 Å². The van der Waals surface area contributed by atoms with Gasteiger partial charge < -0.3 is 5.32 Å². The average Bonchev–Trinajstić information content (AvgIpc) is 2.85. The summed E-state index contributed by atoms with van der Waals surface area (Å²) < 4.78 is 28.7.